The summed E-state index contributed by atoms with van der Waals surface area (Å²) in [5, 5.41) is 7.14. The molecule has 0 bridgehead atoms. The van der Waals surface area contributed by atoms with E-state index in [-0.39, 0.29) is 22.2 Å². The number of hydrogen-bond donors (Lipinski definition) is 0. The Morgan fingerprint density at radius 1 is 1.03 bits per heavy atom. The highest BCUT2D eigenvalue weighted by molar-refractivity contribution is 7.91. The van der Waals surface area contributed by atoms with Crippen molar-refractivity contribution in [2.75, 3.05) is 5.75 Å². The number of alkyl halides is 5. The third-order valence-corrected chi connectivity index (χ3v) is 7.57. The molecule has 6 nitrogen and oxygen atoms in total. The highest BCUT2D eigenvalue weighted by Gasteiger charge is 2.58. The lowest BCUT2D eigenvalue weighted by atomic mass is 10.0. The van der Waals surface area contributed by atoms with E-state index in [4.69, 9.17) is 0 Å². The van der Waals surface area contributed by atoms with Gasteiger partial charge in [-0.15, -0.1) is 10.2 Å². The molecule has 0 amide bonds. The van der Waals surface area contributed by atoms with E-state index < -0.39 is 34.2 Å². The lowest BCUT2D eigenvalue weighted by molar-refractivity contribution is -0.281. The summed E-state index contributed by atoms with van der Waals surface area (Å²) in [6.45, 7) is 1.43. The summed E-state index contributed by atoms with van der Waals surface area (Å²) < 4.78 is 91.5. The van der Waals surface area contributed by atoms with Crippen LogP contribution < -0.4 is 0 Å². The molecule has 1 aliphatic rings. The molecule has 4 rings (SSSR count). The minimum absolute atomic E-state index is 0.170. The van der Waals surface area contributed by atoms with Crippen molar-refractivity contribution in [3.8, 4) is 22.6 Å². The molecule has 34 heavy (non-hydrogen) atoms. The highest BCUT2D eigenvalue weighted by Crippen LogP contribution is 2.41. The number of sulfone groups is 1. The molecule has 0 aliphatic heterocycles. The van der Waals surface area contributed by atoms with E-state index >= 15 is 0 Å². The first-order chi connectivity index (χ1) is 15.8. The Hall–Kier alpha value is -2.89. The first-order valence-corrected chi connectivity index (χ1v) is 12.2. The maximum absolute atomic E-state index is 13.5. The Morgan fingerprint density at radius 3 is 2.24 bits per heavy atom. The van der Waals surface area contributed by atoms with Crippen LogP contribution in [-0.4, -0.2) is 46.0 Å². The molecule has 182 valence electrons. The van der Waals surface area contributed by atoms with Crippen molar-refractivity contribution in [2.45, 2.75) is 49.1 Å². The predicted molar refractivity (Wildman–Crippen MR) is 114 cm³/mol. The van der Waals surface area contributed by atoms with Gasteiger partial charge in [0.1, 0.15) is 11.5 Å². The van der Waals surface area contributed by atoms with Gasteiger partial charge in [-0.25, -0.2) is 8.42 Å². The second kappa shape index (κ2) is 8.40. The zero-order valence-electron chi connectivity index (χ0n) is 18.3. The molecule has 2 heterocycles. The topological polar surface area (TPSA) is 77.7 Å². The molecule has 12 heteroatoms. The molecule has 1 saturated carbocycles. The molecule has 3 aromatic rings. The molecule has 1 aliphatic carbocycles. The van der Waals surface area contributed by atoms with E-state index in [1.165, 1.54) is 31.8 Å². The van der Waals surface area contributed by atoms with Gasteiger partial charge < -0.3 is 4.57 Å². The van der Waals surface area contributed by atoms with E-state index in [2.05, 4.69) is 15.2 Å². The summed E-state index contributed by atoms with van der Waals surface area (Å²) in [6.07, 6.45) is -3.80. The average Bonchev–Trinajstić information content (AvgIpc) is 3.57. The molecule has 1 fully saturated rings. The van der Waals surface area contributed by atoms with Gasteiger partial charge in [0.25, 0.3) is 0 Å². The number of halogens is 5. The van der Waals surface area contributed by atoms with Crippen LogP contribution in [0.3, 0.4) is 0 Å². The fourth-order valence-corrected chi connectivity index (χ4v) is 4.60. The summed E-state index contributed by atoms with van der Waals surface area (Å²) >= 11 is 0. The summed E-state index contributed by atoms with van der Waals surface area (Å²) in [6, 6.07) is 9.10. The van der Waals surface area contributed by atoms with Crippen LogP contribution in [0.1, 0.15) is 37.1 Å². The lowest BCUT2D eigenvalue weighted by Gasteiger charge is -2.18. The Morgan fingerprint density at radius 2 is 1.68 bits per heavy atom. The van der Waals surface area contributed by atoms with Crippen LogP contribution in [0.5, 0.6) is 0 Å². The van der Waals surface area contributed by atoms with Crippen molar-refractivity contribution in [2.24, 2.45) is 7.05 Å². The van der Waals surface area contributed by atoms with Crippen LogP contribution >= 0.6 is 0 Å². The van der Waals surface area contributed by atoms with Crippen molar-refractivity contribution in [3.63, 3.8) is 0 Å². The van der Waals surface area contributed by atoms with Crippen LogP contribution in [0.4, 0.5) is 22.0 Å². The molecule has 0 radical (unpaired) electrons. The van der Waals surface area contributed by atoms with Crippen LogP contribution in [0, 0.1) is 0 Å². The standard InChI is InChI=1S/C22H21F5N4O2S/c1-3-34(32,33)17-10-16(15-8-6-14(7-9-15)13-4-5-13)12-28-19(17)20-30-29-18(31(20)2)11-21(23,24)22(25,26)27/h6-10,12-13H,3-5,11H2,1-2H3. The third kappa shape index (κ3) is 4.55. The number of rotatable bonds is 7. The van der Waals surface area contributed by atoms with Crippen molar-refractivity contribution in [1.29, 1.82) is 0 Å². The van der Waals surface area contributed by atoms with Crippen molar-refractivity contribution in [1.82, 2.24) is 19.7 Å². The minimum atomic E-state index is -5.76. The second-order valence-electron chi connectivity index (χ2n) is 8.25. The van der Waals surface area contributed by atoms with E-state index in [0.29, 0.717) is 11.5 Å². The fourth-order valence-electron chi connectivity index (χ4n) is 3.55. The van der Waals surface area contributed by atoms with Crippen LogP contribution in [0.2, 0.25) is 0 Å². The number of nitrogens with zero attached hydrogens (tertiary/aromatic N) is 4. The van der Waals surface area contributed by atoms with Gasteiger partial charge in [0.2, 0.25) is 0 Å². The van der Waals surface area contributed by atoms with Gasteiger partial charge >= 0.3 is 12.1 Å². The molecule has 2 aromatic heterocycles. The number of pyridine rings is 1. The molecule has 0 atom stereocenters. The summed E-state index contributed by atoms with van der Waals surface area (Å²) in [7, 11) is -2.67. The zero-order chi connectivity index (χ0) is 24.9. The van der Waals surface area contributed by atoms with Crippen molar-refractivity contribution in [3.05, 3.63) is 47.9 Å². The molecule has 0 saturated heterocycles. The summed E-state index contributed by atoms with van der Waals surface area (Å²) in [5.41, 5.74) is 2.29. The van der Waals surface area contributed by atoms with Gasteiger partial charge in [-0.05, 0) is 36.0 Å². The second-order valence-corrected chi connectivity index (χ2v) is 10.5. The smallest absolute Gasteiger partial charge is 0.313 e. The SMILES string of the molecule is CCS(=O)(=O)c1cc(-c2ccc(C3CC3)cc2)cnc1-c1nnc(CC(F)(F)C(F)(F)F)n1C. The maximum atomic E-state index is 13.5. The Labute approximate surface area is 192 Å². The normalized spacial score (nSPS) is 15.0. The molecule has 0 spiro atoms. The summed E-state index contributed by atoms with van der Waals surface area (Å²) in [4.78, 5) is 4.01. The molecule has 0 N–H and O–H groups in total. The van der Waals surface area contributed by atoms with E-state index in [0.717, 1.165) is 23.0 Å². The average molecular weight is 500 g/mol. The first kappa shape index (κ1) is 24.2. The van der Waals surface area contributed by atoms with E-state index in [1.54, 1.807) is 0 Å². The van der Waals surface area contributed by atoms with Crippen LogP contribution in [0.15, 0.2) is 41.4 Å². The monoisotopic (exact) mass is 500 g/mol. The number of hydrogen-bond acceptors (Lipinski definition) is 5. The Kier molecular flexibility index (Phi) is 5.99. The van der Waals surface area contributed by atoms with Gasteiger partial charge in [-0.1, -0.05) is 31.2 Å². The van der Waals surface area contributed by atoms with Crippen molar-refractivity contribution >= 4 is 9.84 Å². The zero-order valence-corrected chi connectivity index (χ0v) is 19.1. The van der Waals surface area contributed by atoms with E-state index in [1.807, 2.05) is 24.3 Å². The Bertz CT molecular complexity index is 1310. The van der Waals surface area contributed by atoms with Crippen LogP contribution in [0.25, 0.3) is 22.6 Å². The quantitative estimate of drug-likeness (QED) is 0.429. The number of benzene rings is 1. The molecular formula is C22H21F5N4O2S. The number of aromatic nitrogens is 4. The molecular weight excluding hydrogens is 479 g/mol. The first-order valence-electron chi connectivity index (χ1n) is 10.5. The maximum Gasteiger partial charge on any atom is 0.453 e. The third-order valence-electron chi connectivity index (χ3n) is 5.83. The fraction of sp³-hybridized carbons (Fsp3) is 0.409. The summed E-state index contributed by atoms with van der Waals surface area (Å²) in [5.74, 6) is -5.62. The molecule has 1 aromatic carbocycles. The minimum Gasteiger partial charge on any atom is -0.313 e. The lowest BCUT2D eigenvalue weighted by Crippen LogP contribution is -2.39. The van der Waals surface area contributed by atoms with E-state index in [9.17, 15) is 30.4 Å². The van der Waals surface area contributed by atoms with Gasteiger partial charge in [-0.2, -0.15) is 22.0 Å². The largest absolute Gasteiger partial charge is 0.453 e. The predicted octanol–water partition coefficient (Wildman–Crippen LogP) is 4.96. The van der Waals surface area contributed by atoms with Crippen LogP contribution in [-0.2, 0) is 23.3 Å². The Balaban J connectivity index is 1.76. The van der Waals surface area contributed by atoms with Gasteiger partial charge in [-0.3, -0.25) is 4.98 Å². The molecule has 0 unspecified atom stereocenters. The van der Waals surface area contributed by atoms with Gasteiger partial charge in [0, 0.05) is 18.8 Å². The van der Waals surface area contributed by atoms with Gasteiger partial charge in [0.15, 0.2) is 15.7 Å². The van der Waals surface area contributed by atoms with Crippen molar-refractivity contribution < 1.29 is 30.4 Å². The van der Waals surface area contributed by atoms with Gasteiger partial charge in [0.05, 0.1) is 17.1 Å². The highest BCUT2D eigenvalue weighted by atomic mass is 32.2.